The molecule has 3 atom stereocenters. The third-order valence-corrected chi connectivity index (χ3v) is 5.23. The molecule has 0 radical (unpaired) electrons. The van der Waals surface area contributed by atoms with Gasteiger partial charge in [-0.2, -0.15) is 0 Å². The number of hydrogen-bond acceptors (Lipinski definition) is 3. The molecule has 0 aromatic heterocycles. The number of likely N-dealkylation sites (tertiary alicyclic amines) is 1. The maximum absolute atomic E-state index is 13.2. The van der Waals surface area contributed by atoms with E-state index in [1.165, 1.54) is 0 Å². The lowest BCUT2D eigenvalue weighted by Gasteiger charge is -2.28. The van der Waals surface area contributed by atoms with Crippen molar-refractivity contribution < 1.29 is 14.4 Å². The lowest BCUT2D eigenvalue weighted by atomic mass is 9.84. The van der Waals surface area contributed by atoms with Gasteiger partial charge in [0.25, 0.3) is 5.91 Å². The summed E-state index contributed by atoms with van der Waals surface area (Å²) in [5, 5.41) is 4.97. The first-order valence-electron chi connectivity index (χ1n) is 8.44. The number of urea groups is 1. The van der Waals surface area contributed by atoms with Crippen LogP contribution in [-0.2, 0) is 9.59 Å². The molecule has 2 aliphatic heterocycles. The maximum Gasteiger partial charge on any atom is 0.322 e. The summed E-state index contributed by atoms with van der Waals surface area (Å²) in [5.41, 5.74) is 0.0430. The van der Waals surface area contributed by atoms with Crippen LogP contribution >= 0.6 is 0 Å². The van der Waals surface area contributed by atoms with Crippen LogP contribution in [0.5, 0.6) is 0 Å². The lowest BCUT2D eigenvalue weighted by Crippen LogP contribution is -2.50. The fourth-order valence-corrected chi connectivity index (χ4v) is 3.62. The molecule has 6 heteroatoms. The second kappa shape index (κ2) is 6.26. The van der Waals surface area contributed by atoms with Crippen LogP contribution in [0.25, 0.3) is 0 Å². The minimum atomic E-state index is -0.955. The number of nitrogens with zero attached hydrogens (tertiary/aromatic N) is 1. The van der Waals surface area contributed by atoms with Gasteiger partial charge in [-0.3, -0.25) is 14.9 Å². The van der Waals surface area contributed by atoms with Gasteiger partial charge < -0.3 is 10.2 Å². The van der Waals surface area contributed by atoms with Gasteiger partial charge in [-0.05, 0) is 17.9 Å². The molecule has 0 aliphatic carbocycles. The van der Waals surface area contributed by atoms with Crippen LogP contribution in [0.3, 0.4) is 0 Å². The van der Waals surface area contributed by atoms with Gasteiger partial charge in [-0.1, -0.05) is 50.6 Å². The molecule has 1 aromatic carbocycles. The molecule has 2 fully saturated rings. The number of imide groups is 1. The first-order valence-corrected chi connectivity index (χ1v) is 8.44. The van der Waals surface area contributed by atoms with Gasteiger partial charge >= 0.3 is 6.03 Å². The molecule has 6 nitrogen and oxygen atoms in total. The van der Waals surface area contributed by atoms with E-state index in [1.807, 2.05) is 30.3 Å². The van der Waals surface area contributed by atoms with Crippen LogP contribution in [0.15, 0.2) is 30.3 Å². The van der Waals surface area contributed by atoms with Crippen molar-refractivity contribution in [2.75, 3.05) is 13.1 Å². The van der Waals surface area contributed by atoms with Gasteiger partial charge in [0.15, 0.2) is 0 Å². The highest BCUT2D eigenvalue weighted by molar-refractivity contribution is 6.07. The average molecular weight is 329 g/mol. The summed E-state index contributed by atoms with van der Waals surface area (Å²) >= 11 is 0. The van der Waals surface area contributed by atoms with Crippen LogP contribution in [-0.4, -0.2) is 41.4 Å². The average Bonchev–Trinajstić information content (AvgIpc) is 3.12. The van der Waals surface area contributed by atoms with Crippen LogP contribution in [0, 0.1) is 5.92 Å². The van der Waals surface area contributed by atoms with Crippen molar-refractivity contribution in [3.8, 4) is 0 Å². The van der Waals surface area contributed by atoms with Crippen LogP contribution < -0.4 is 10.6 Å². The van der Waals surface area contributed by atoms with E-state index in [0.29, 0.717) is 13.0 Å². The molecule has 1 spiro atoms. The summed E-state index contributed by atoms with van der Waals surface area (Å²) in [5.74, 6) is -0.334. The van der Waals surface area contributed by atoms with Crippen molar-refractivity contribution in [3.05, 3.63) is 35.9 Å². The highest BCUT2D eigenvalue weighted by Crippen LogP contribution is 2.33. The minimum Gasteiger partial charge on any atom is -0.339 e. The molecule has 128 valence electrons. The Hall–Kier alpha value is -2.37. The van der Waals surface area contributed by atoms with E-state index in [0.717, 1.165) is 12.0 Å². The highest BCUT2D eigenvalue weighted by Gasteiger charge is 2.52. The van der Waals surface area contributed by atoms with E-state index in [4.69, 9.17) is 0 Å². The summed E-state index contributed by atoms with van der Waals surface area (Å²) in [7, 11) is 0. The standard InChI is InChI=1S/C18H23N3O3/c1-3-12(2)14(13-7-5-4-6-8-13)15(22)21-10-9-18(11-21)16(23)19-17(24)20-18/h4-8,12,14H,3,9-11H2,1-2H3,(H2,19,20,23,24)/t12-,14+,18+/m0/s1. The molecule has 2 aliphatic rings. The summed E-state index contributed by atoms with van der Waals surface area (Å²) in [4.78, 5) is 38.4. The second-order valence-corrected chi connectivity index (χ2v) is 6.77. The summed E-state index contributed by atoms with van der Waals surface area (Å²) in [6.07, 6.45) is 1.35. The molecule has 2 heterocycles. The normalized spacial score (nSPS) is 25.5. The molecule has 4 amide bonds. The molecular formula is C18H23N3O3. The van der Waals surface area contributed by atoms with Gasteiger partial charge in [0.2, 0.25) is 5.91 Å². The van der Waals surface area contributed by atoms with Crippen LogP contribution in [0.1, 0.15) is 38.2 Å². The number of benzene rings is 1. The van der Waals surface area contributed by atoms with Crippen molar-refractivity contribution in [1.29, 1.82) is 0 Å². The zero-order valence-electron chi connectivity index (χ0n) is 14.0. The number of rotatable bonds is 4. The monoisotopic (exact) mass is 329 g/mol. The lowest BCUT2D eigenvalue weighted by molar-refractivity contribution is -0.133. The Morgan fingerprint density at radius 2 is 2.00 bits per heavy atom. The number of carbonyl (C=O) groups excluding carboxylic acids is 3. The second-order valence-electron chi connectivity index (χ2n) is 6.77. The fourth-order valence-electron chi connectivity index (χ4n) is 3.62. The summed E-state index contributed by atoms with van der Waals surface area (Å²) < 4.78 is 0. The highest BCUT2D eigenvalue weighted by atomic mass is 16.2. The quantitative estimate of drug-likeness (QED) is 0.824. The molecule has 0 bridgehead atoms. The predicted octanol–water partition coefficient (Wildman–Crippen LogP) is 1.63. The van der Waals surface area contributed by atoms with Crippen molar-refractivity contribution in [2.45, 2.75) is 38.1 Å². The Morgan fingerprint density at radius 3 is 2.58 bits per heavy atom. The Bertz CT molecular complexity index is 661. The van der Waals surface area contributed by atoms with E-state index in [9.17, 15) is 14.4 Å². The third-order valence-electron chi connectivity index (χ3n) is 5.23. The Kier molecular flexibility index (Phi) is 4.30. The SMILES string of the molecule is CC[C@H](C)[C@@H](C(=O)N1CC[C@]2(C1)NC(=O)NC2=O)c1ccccc1. The zero-order chi connectivity index (χ0) is 17.3. The Morgan fingerprint density at radius 1 is 1.29 bits per heavy atom. The van der Waals surface area contributed by atoms with Crippen molar-refractivity contribution in [2.24, 2.45) is 5.92 Å². The van der Waals surface area contributed by atoms with Crippen molar-refractivity contribution in [1.82, 2.24) is 15.5 Å². The largest absolute Gasteiger partial charge is 0.339 e. The predicted molar refractivity (Wildman–Crippen MR) is 89.2 cm³/mol. The van der Waals surface area contributed by atoms with E-state index >= 15 is 0 Å². The molecule has 0 unspecified atom stereocenters. The van der Waals surface area contributed by atoms with E-state index in [1.54, 1.807) is 4.90 Å². The van der Waals surface area contributed by atoms with Crippen molar-refractivity contribution >= 4 is 17.8 Å². The summed E-state index contributed by atoms with van der Waals surface area (Å²) in [6.45, 7) is 4.87. The van der Waals surface area contributed by atoms with Gasteiger partial charge in [0.1, 0.15) is 5.54 Å². The molecule has 0 saturated carbocycles. The van der Waals surface area contributed by atoms with Crippen molar-refractivity contribution in [3.63, 3.8) is 0 Å². The van der Waals surface area contributed by atoms with Crippen LogP contribution in [0.2, 0.25) is 0 Å². The smallest absolute Gasteiger partial charge is 0.322 e. The molecule has 2 saturated heterocycles. The molecule has 3 rings (SSSR count). The number of hydrogen-bond donors (Lipinski definition) is 2. The number of amides is 4. The first kappa shape index (κ1) is 16.5. The number of nitrogens with one attached hydrogen (secondary N) is 2. The molecular weight excluding hydrogens is 306 g/mol. The van der Waals surface area contributed by atoms with Gasteiger partial charge in [-0.15, -0.1) is 0 Å². The number of carbonyl (C=O) groups is 3. The maximum atomic E-state index is 13.2. The zero-order valence-corrected chi connectivity index (χ0v) is 14.0. The topological polar surface area (TPSA) is 78.5 Å². The van der Waals surface area contributed by atoms with Gasteiger partial charge in [0, 0.05) is 6.54 Å². The molecule has 24 heavy (non-hydrogen) atoms. The first-order chi connectivity index (χ1) is 11.5. The molecule has 2 N–H and O–H groups in total. The Labute approximate surface area is 141 Å². The fraction of sp³-hybridized carbons (Fsp3) is 0.500. The Balaban J connectivity index is 1.82. The van der Waals surface area contributed by atoms with E-state index in [-0.39, 0.29) is 30.2 Å². The van der Waals surface area contributed by atoms with E-state index < -0.39 is 11.6 Å². The third kappa shape index (κ3) is 2.77. The minimum absolute atomic E-state index is 0.0290. The molecule has 1 aromatic rings. The van der Waals surface area contributed by atoms with E-state index in [2.05, 4.69) is 24.5 Å². The van der Waals surface area contributed by atoms with Crippen LogP contribution in [0.4, 0.5) is 4.79 Å². The van der Waals surface area contributed by atoms with Gasteiger partial charge in [-0.25, -0.2) is 4.79 Å². The summed E-state index contributed by atoms with van der Waals surface area (Å²) in [6, 6.07) is 9.29. The van der Waals surface area contributed by atoms with Gasteiger partial charge in [0.05, 0.1) is 12.5 Å².